The third-order valence-corrected chi connectivity index (χ3v) is 2.36. The second kappa shape index (κ2) is 3.38. The van der Waals surface area contributed by atoms with Crippen LogP contribution in [0.5, 0.6) is 0 Å². The van der Waals surface area contributed by atoms with Crippen LogP contribution >= 0.6 is 0 Å². The number of rotatable bonds is 2. The summed E-state index contributed by atoms with van der Waals surface area (Å²) in [5.41, 5.74) is 2.63. The van der Waals surface area contributed by atoms with Crippen molar-refractivity contribution in [3.8, 4) is 0 Å². The highest BCUT2D eigenvalue weighted by molar-refractivity contribution is 5.36. The fourth-order valence-electron chi connectivity index (χ4n) is 1.46. The largest absolute Gasteiger partial charge is 0.466 e. The van der Waals surface area contributed by atoms with Gasteiger partial charge in [-0.05, 0) is 38.8 Å². The first-order valence-corrected chi connectivity index (χ1v) is 4.35. The maximum absolute atomic E-state index is 9.81. The molecule has 0 aliphatic heterocycles. The molecule has 1 aromatic rings. The molecule has 2 nitrogen and oxygen atoms in total. The Hall–Kier alpha value is -1.02. The van der Waals surface area contributed by atoms with E-state index >= 15 is 0 Å². The summed E-state index contributed by atoms with van der Waals surface area (Å²) in [7, 11) is 0. The van der Waals surface area contributed by atoms with Gasteiger partial charge in [0.1, 0.15) is 17.6 Å². The van der Waals surface area contributed by atoms with Gasteiger partial charge >= 0.3 is 0 Å². The Morgan fingerprint density at radius 1 is 1.31 bits per heavy atom. The molecule has 0 aliphatic rings. The Morgan fingerprint density at radius 2 is 1.85 bits per heavy atom. The lowest BCUT2D eigenvalue weighted by molar-refractivity contribution is 0.213. The molecule has 0 fully saturated rings. The van der Waals surface area contributed by atoms with Gasteiger partial charge in [0.15, 0.2) is 0 Å². The minimum absolute atomic E-state index is 0.600. The summed E-state index contributed by atoms with van der Waals surface area (Å²) >= 11 is 0. The summed E-state index contributed by atoms with van der Waals surface area (Å²) in [6.07, 6.45) is -0.600. The molecular weight excluding hydrogens is 164 g/mol. The molecule has 1 N–H and O–H groups in total. The van der Waals surface area contributed by atoms with E-state index in [4.69, 9.17) is 4.42 Å². The number of aliphatic hydroxyl groups excluding tert-OH is 1. The Balaban J connectivity index is 3.20. The van der Waals surface area contributed by atoms with Crippen LogP contribution < -0.4 is 0 Å². The number of aryl methyl sites for hydroxylation is 2. The summed E-state index contributed by atoms with van der Waals surface area (Å²) in [5, 5.41) is 9.81. The Morgan fingerprint density at radius 3 is 2.15 bits per heavy atom. The normalized spacial score (nSPS) is 13.0. The summed E-state index contributed by atoms with van der Waals surface area (Å²) in [6, 6.07) is 0. The van der Waals surface area contributed by atoms with E-state index in [1.165, 1.54) is 0 Å². The number of aliphatic hydroxyl groups is 1. The van der Waals surface area contributed by atoms with Crippen molar-refractivity contribution in [1.29, 1.82) is 0 Å². The highest BCUT2D eigenvalue weighted by atomic mass is 16.3. The summed E-state index contributed by atoms with van der Waals surface area (Å²) in [4.78, 5) is 0. The van der Waals surface area contributed by atoms with Gasteiger partial charge in [-0.1, -0.05) is 6.58 Å². The highest BCUT2D eigenvalue weighted by Gasteiger charge is 2.18. The molecule has 0 radical (unpaired) electrons. The number of furan rings is 1. The van der Waals surface area contributed by atoms with Crippen LogP contribution in [0.15, 0.2) is 16.6 Å². The van der Waals surface area contributed by atoms with E-state index in [0.717, 1.165) is 28.2 Å². The zero-order valence-corrected chi connectivity index (χ0v) is 8.64. The lowest BCUT2D eigenvalue weighted by Gasteiger charge is -2.10. The van der Waals surface area contributed by atoms with Crippen molar-refractivity contribution in [3.63, 3.8) is 0 Å². The predicted octanol–water partition coefficient (Wildman–Crippen LogP) is 2.81. The van der Waals surface area contributed by atoms with Gasteiger partial charge in [0.2, 0.25) is 0 Å². The number of hydrogen-bond acceptors (Lipinski definition) is 2. The minimum Gasteiger partial charge on any atom is -0.466 e. The first-order valence-electron chi connectivity index (χ1n) is 4.35. The Labute approximate surface area is 78.9 Å². The SMILES string of the molecule is C=C(C)C(O)c1c(C)oc(C)c1C. The zero-order valence-electron chi connectivity index (χ0n) is 8.64. The fourth-order valence-corrected chi connectivity index (χ4v) is 1.46. The van der Waals surface area contributed by atoms with Crippen molar-refractivity contribution < 1.29 is 9.52 Å². The van der Waals surface area contributed by atoms with Gasteiger partial charge in [-0.25, -0.2) is 0 Å². The molecular formula is C11H16O2. The maximum atomic E-state index is 9.81. The van der Waals surface area contributed by atoms with Crippen LogP contribution in [0.1, 0.15) is 35.7 Å². The molecule has 0 saturated carbocycles. The lowest BCUT2D eigenvalue weighted by Crippen LogP contribution is -2.00. The standard InChI is InChI=1S/C11H16O2/c1-6(2)11(12)10-7(3)8(4)13-9(10)5/h11-12H,1H2,2-5H3. The molecule has 0 spiro atoms. The van der Waals surface area contributed by atoms with Gasteiger partial charge in [-0.15, -0.1) is 0 Å². The summed E-state index contributed by atoms with van der Waals surface area (Å²) in [6.45, 7) is 11.3. The van der Waals surface area contributed by atoms with E-state index in [1.807, 2.05) is 27.7 Å². The molecule has 72 valence electrons. The smallest absolute Gasteiger partial charge is 0.107 e. The van der Waals surface area contributed by atoms with Crippen molar-refractivity contribution in [3.05, 3.63) is 34.8 Å². The van der Waals surface area contributed by atoms with Gasteiger partial charge in [0.05, 0.1) is 0 Å². The van der Waals surface area contributed by atoms with Crippen LogP contribution in [0.25, 0.3) is 0 Å². The van der Waals surface area contributed by atoms with Crippen LogP contribution in [0.2, 0.25) is 0 Å². The average molecular weight is 180 g/mol. The van der Waals surface area contributed by atoms with E-state index in [9.17, 15) is 5.11 Å². The second-order valence-corrected chi connectivity index (χ2v) is 3.50. The van der Waals surface area contributed by atoms with E-state index in [2.05, 4.69) is 6.58 Å². The van der Waals surface area contributed by atoms with Crippen LogP contribution in [0.4, 0.5) is 0 Å². The van der Waals surface area contributed by atoms with E-state index in [-0.39, 0.29) is 0 Å². The van der Waals surface area contributed by atoms with Crippen molar-refractivity contribution in [2.75, 3.05) is 0 Å². The average Bonchev–Trinajstić information content (AvgIpc) is 2.26. The molecule has 2 heteroatoms. The topological polar surface area (TPSA) is 33.4 Å². The lowest BCUT2D eigenvalue weighted by atomic mass is 10.0. The molecule has 13 heavy (non-hydrogen) atoms. The van der Waals surface area contributed by atoms with Gasteiger partial charge in [0.25, 0.3) is 0 Å². The molecule has 1 heterocycles. The molecule has 0 bridgehead atoms. The van der Waals surface area contributed by atoms with Gasteiger partial charge in [-0.3, -0.25) is 0 Å². The second-order valence-electron chi connectivity index (χ2n) is 3.50. The monoisotopic (exact) mass is 180 g/mol. The van der Waals surface area contributed by atoms with Gasteiger partial charge in [-0.2, -0.15) is 0 Å². The van der Waals surface area contributed by atoms with Crippen molar-refractivity contribution in [2.45, 2.75) is 33.8 Å². The van der Waals surface area contributed by atoms with Crippen LogP contribution in [0, 0.1) is 20.8 Å². The first-order chi connectivity index (χ1) is 5.95. The van der Waals surface area contributed by atoms with E-state index in [1.54, 1.807) is 0 Å². The van der Waals surface area contributed by atoms with Gasteiger partial charge < -0.3 is 9.52 Å². The van der Waals surface area contributed by atoms with Crippen molar-refractivity contribution in [1.82, 2.24) is 0 Å². The molecule has 1 atom stereocenters. The van der Waals surface area contributed by atoms with Gasteiger partial charge in [0, 0.05) is 5.56 Å². The summed E-state index contributed by atoms with van der Waals surface area (Å²) < 4.78 is 5.42. The third kappa shape index (κ3) is 1.68. The van der Waals surface area contributed by atoms with Crippen LogP contribution in [0.3, 0.4) is 0 Å². The third-order valence-electron chi connectivity index (χ3n) is 2.36. The highest BCUT2D eigenvalue weighted by Crippen LogP contribution is 2.30. The Bertz CT molecular complexity index is 334. The summed E-state index contributed by atoms with van der Waals surface area (Å²) in [5.74, 6) is 1.65. The first kappa shape index (κ1) is 10.1. The molecule has 0 aromatic carbocycles. The minimum atomic E-state index is -0.600. The predicted molar refractivity (Wildman–Crippen MR) is 52.7 cm³/mol. The van der Waals surface area contributed by atoms with Crippen molar-refractivity contribution >= 4 is 0 Å². The molecule has 1 unspecified atom stereocenters. The van der Waals surface area contributed by atoms with E-state index < -0.39 is 6.10 Å². The molecule has 1 rings (SSSR count). The molecule has 0 saturated heterocycles. The molecule has 0 amide bonds. The van der Waals surface area contributed by atoms with E-state index in [0.29, 0.717) is 0 Å². The molecule has 1 aromatic heterocycles. The zero-order chi connectivity index (χ0) is 10.2. The van der Waals surface area contributed by atoms with Crippen LogP contribution in [-0.4, -0.2) is 5.11 Å². The molecule has 0 aliphatic carbocycles. The fraction of sp³-hybridized carbons (Fsp3) is 0.455. The quantitative estimate of drug-likeness (QED) is 0.710. The van der Waals surface area contributed by atoms with Crippen molar-refractivity contribution in [2.24, 2.45) is 0 Å². The number of hydrogen-bond donors (Lipinski definition) is 1. The van der Waals surface area contributed by atoms with Crippen LogP contribution in [-0.2, 0) is 0 Å². The maximum Gasteiger partial charge on any atom is 0.107 e. The Kier molecular flexibility index (Phi) is 2.62.